The minimum Gasteiger partial charge on any atom is -0.352 e. The molecule has 70 valence electrons. The summed E-state index contributed by atoms with van der Waals surface area (Å²) in [4.78, 5) is 15.4. The van der Waals surface area contributed by atoms with Crippen LogP contribution >= 0.6 is 0 Å². The number of aromatic nitrogens is 1. The van der Waals surface area contributed by atoms with E-state index < -0.39 is 0 Å². The zero-order chi connectivity index (χ0) is 9.68. The first-order chi connectivity index (χ1) is 6.25. The topological polar surface area (TPSA) is 42.0 Å². The van der Waals surface area contributed by atoms with Gasteiger partial charge >= 0.3 is 0 Å². The Morgan fingerprint density at radius 2 is 2.38 bits per heavy atom. The van der Waals surface area contributed by atoms with Gasteiger partial charge in [0, 0.05) is 24.5 Å². The van der Waals surface area contributed by atoms with E-state index in [2.05, 4.69) is 10.3 Å². The highest BCUT2D eigenvalue weighted by atomic mass is 16.1. The molecule has 3 heteroatoms. The number of hydrogen-bond acceptors (Lipinski definition) is 2. The molecule has 1 amide bonds. The predicted molar refractivity (Wildman–Crippen MR) is 51.6 cm³/mol. The van der Waals surface area contributed by atoms with Gasteiger partial charge in [0.25, 0.3) is 5.91 Å². The van der Waals surface area contributed by atoms with Crippen molar-refractivity contribution in [3.8, 4) is 0 Å². The van der Waals surface area contributed by atoms with Crippen LogP contribution in [0, 0.1) is 6.92 Å². The second-order valence-corrected chi connectivity index (χ2v) is 2.95. The van der Waals surface area contributed by atoms with E-state index in [1.807, 2.05) is 13.8 Å². The number of aryl methyl sites for hydroxylation is 1. The average molecular weight is 178 g/mol. The van der Waals surface area contributed by atoms with Crippen LogP contribution in [-0.4, -0.2) is 17.4 Å². The first kappa shape index (κ1) is 9.71. The number of amides is 1. The molecule has 0 atom stereocenters. The van der Waals surface area contributed by atoms with E-state index in [4.69, 9.17) is 0 Å². The van der Waals surface area contributed by atoms with Crippen molar-refractivity contribution >= 4 is 5.91 Å². The van der Waals surface area contributed by atoms with Gasteiger partial charge in [0.2, 0.25) is 0 Å². The number of hydrogen-bond donors (Lipinski definition) is 1. The zero-order valence-corrected chi connectivity index (χ0v) is 8.00. The SMILES string of the molecule is CCCNC(=O)c1ccncc1C. The molecule has 3 nitrogen and oxygen atoms in total. The maximum absolute atomic E-state index is 11.5. The molecule has 0 aromatic carbocycles. The molecule has 0 bridgehead atoms. The van der Waals surface area contributed by atoms with Crippen molar-refractivity contribution < 1.29 is 4.79 Å². The summed E-state index contributed by atoms with van der Waals surface area (Å²) in [6.45, 7) is 4.63. The third-order valence-corrected chi connectivity index (χ3v) is 1.80. The quantitative estimate of drug-likeness (QED) is 0.762. The van der Waals surface area contributed by atoms with E-state index in [-0.39, 0.29) is 5.91 Å². The lowest BCUT2D eigenvalue weighted by molar-refractivity contribution is 0.0953. The molecular weight excluding hydrogens is 164 g/mol. The number of carbonyl (C=O) groups is 1. The summed E-state index contributed by atoms with van der Waals surface area (Å²) in [6.07, 6.45) is 4.28. The van der Waals surface area contributed by atoms with Crippen molar-refractivity contribution in [2.75, 3.05) is 6.54 Å². The van der Waals surface area contributed by atoms with E-state index >= 15 is 0 Å². The lowest BCUT2D eigenvalue weighted by atomic mass is 10.1. The number of nitrogens with one attached hydrogen (secondary N) is 1. The molecule has 1 heterocycles. The van der Waals surface area contributed by atoms with Gasteiger partial charge in [-0.3, -0.25) is 9.78 Å². The highest BCUT2D eigenvalue weighted by Crippen LogP contribution is 2.03. The Balaban J connectivity index is 2.71. The summed E-state index contributed by atoms with van der Waals surface area (Å²) in [5, 5.41) is 2.82. The first-order valence-corrected chi connectivity index (χ1v) is 4.44. The smallest absolute Gasteiger partial charge is 0.251 e. The molecule has 0 aliphatic carbocycles. The van der Waals surface area contributed by atoms with Gasteiger partial charge in [-0.05, 0) is 25.0 Å². The summed E-state index contributed by atoms with van der Waals surface area (Å²) in [6, 6.07) is 1.74. The molecule has 0 spiro atoms. The zero-order valence-electron chi connectivity index (χ0n) is 8.00. The number of pyridine rings is 1. The van der Waals surface area contributed by atoms with Crippen molar-refractivity contribution in [3.05, 3.63) is 29.6 Å². The van der Waals surface area contributed by atoms with Crippen molar-refractivity contribution in [1.29, 1.82) is 0 Å². The fourth-order valence-electron chi connectivity index (χ4n) is 1.06. The molecule has 0 unspecified atom stereocenters. The molecule has 1 aromatic heterocycles. The summed E-state index contributed by atoms with van der Waals surface area (Å²) in [7, 11) is 0. The van der Waals surface area contributed by atoms with E-state index in [1.165, 1.54) is 0 Å². The largest absolute Gasteiger partial charge is 0.352 e. The second-order valence-electron chi connectivity index (χ2n) is 2.95. The predicted octanol–water partition coefficient (Wildman–Crippen LogP) is 1.53. The third kappa shape index (κ3) is 2.54. The number of rotatable bonds is 3. The van der Waals surface area contributed by atoms with E-state index in [1.54, 1.807) is 18.5 Å². The Kier molecular flexibility index (Phi) is 3.43. The fraction of sp³-hybridized carbons (Fsp3) is 0.400. The molecule has 0 fully saturated rings. The van der Waals surface area contributed by atoms with E-state index in [9.17, 15) is 4.79 Å². The fourth-order valence-corrected chi connectivity index (χ4v) is 1.06. The normalized spacial score (nSPS) is 9.69. The van der Waals surface area contributed by atoms with Gasteiger partial charge in [-0.2, -0.15) is 0 Å². The van der Waals surface area contributed by atoms with Crippen LogP contribution in [0.5, 0.6) is 0 Å². The number of nitrogens with zero attached hydrogens (tertiary/aromatic N) is 1. The van der Waals surface area contributed by atoms with Gasteiger partial charge in [-0.15, -0.1) is 0 Å². The summed E-state index contributed by atoms with van der Waals surface area (Å²) >= 11 is 0. The molecule has 1 N–H and O–H groups in total. The molecule has 0 aliphatic heterocycles. The van der Waals surface area contributed by atoms with Gasteiger partial charge in [0.05, 0.1) is 0 Å². The lowest BCUT2D eigenvalue weighted by Crippen LogP contribution is -2.24. The van der Waals surface area contributed by atoms with Crippen LogP contribution in [0.15, 0.2) is 18.5 Å². The highest BCUT2D eigenvalue weighted by Gasteiger charge is 2.06. The van der Waals surface area contributed by atoms with Crippen molar-refractivity contribution in [2.45, 2.75) is 20.3 Å². The molecule has 1 rings (SSSR count). The minimum absolute atomic E-state index is 0.0123. The van der Waals surface area contributed by atoms with E-state index in [0.29, 0.717) is 5.56 Å². The monoisotopic (exact) mass is 178 g/mol. The molecule has 0 aliphatic rings. The third-order valence-electron chi connectivity index (χ3n) is 1.80. The Hall–Kier alpha value is -1.38. The molecule has 1 aromatic rings. The van der Waals surface area contributed by atoms with E-state index in [0.717, 1.165) is 18.5 Å². The molecule has 0 saturated heterocycles. The molecule has 0 saturated carbocycles. The van der Waals surface area contributed by atoms with Crippen LogP contribution < -0.4 is 5.32 Å². The van der Waals surface area contributed by atoms with Crippen LogP contribution in [0.3, 0.4) is 0 Å². The van der Waals surface area contributed by atoms with Gasteiger partial charge in [-0.25, -0.2) is 0 Å². The van der Waals surface area contributed by atoms with Crippen molar-refractivity contribution in [1.82, 2.24) is 10.3 Å². The van der Waals surface area contributed by atoms with Crippen LogP contribution in [-0.2, 0) is 0 Å². The van der Waals surface area contributed by atoms with Gasteiger partial charge < -0.3 is 5.32 Å². The molecule has 0 radical (unpaired) electrons. The number of carbonyl (C=O) groups excluding carboxylic acids is 1. The first-order valence-electron chi connectivity index (χ1n) is 4.44. The Morgan fingerprint density at radius 1 is 1.62 bits per heavy atom. The van der Waals surface area contributed by atoms with Gasteiger partial charge in [0.1, 0.15) is 0 Å². The Bertz CT molecular complexity index is 297. The summed E-state index contributed by atoms with van der Waals surface area (Å²) in [5.74, 6) is -0.0123. The average Bonchev–Trinajstić information content (AvgIpc) is 2.15. The second kappa shape index (κ2) is 4.60. The standard InChI is InChI=1S/C10H14N2O/c1-3-5-12-10(13)9-4-6-11-7-8(9)2/h4,6-7H,3,5H2,1-2H3,(H,12,13). The maximum Gasteiger partial charge on any atom is 0.251 e. The van der Waals surface area contributed by atoms with Crippen molar-refractivity contribution in [3.63, 3.8) is 0 Å². The van der Waals surface area contributed by atoms with Crippen LogP contribution in [0.4, 0.5) is 0 Å². The Morgan fingerprint density at radius 3 is 3.00 bits per heavy atom. The summed E-state index contributed by atoms with van der Waals surface area (Å²) in [5.41, 5.74) is 1.62. The van der Waals surface area contributed by atoms with Crippen LogP contribution in [0.25, 0.3) is 0 Å². The Labute approximate surface area is 78.2 Å². The summed E-state index contributed by atoms with van der Waals surface area (Å²) < 4.78 is 0. The van der Waals surface area contributed by atoms with Crippen LogP contribution in [0.1, 0.15) is 29.3 Å². The van der Waals surface area contributed by atoms with Crippen molar-refractivity contribution in [2.24, 2.45) is 0 Å². The molecule has 13 heavy (non-hydrogen) atoms. The molecular formula is C10H14N2O. The lowest BCUT2D eigenvalue weighted by Gasteiger charge is -2.04. The van der Waals surface area contributed by atoms with Crippen LogP contribution in [0.2, 0.25) is 0 Å². The van der Waals surface area contributed by atoms with Gasteiger partial charge in [0.15, 0.2) is 0 Å². The van der Waals surface area contributed by atoms with Gasteiger partial charge in [-0.1, -0.05) is 6.92 Å². The highest BCUT2D eigenvalue weighted by molar-refractivity contribution is 5.95. The maximum atomic E-state index is 11.5. The minimum atomic E-state index is -0.0123.